The standard InChI is InChI=1S/C23H27ClFN5O3/c1-15-18(12-16-4-5-17(25)13-20(16)24)23(32-2)30-21(28-15)19(14-27-30)22(31)26-6-3-7-29-8-10-33-11-9-29/h4-5,13-14H,3,6-12H2,1-2H3,(H,26,31). The topological polar surface area (TPSA) is 81.0 Å². The van der Waals surface area contributed by atoms with Gasteiger partial charge in [-0.05, 0) is 37.6 Å². The highest BCUT2D eigenvalue weighted by molar-refractivity contribution is 6.31. The van der Waals surface area contributed by atoms with Crippen molar-refractivity contribution < 1.29 is 18.7 Å². The number of morpholine rings is 1. The Kier molecular flexibility index (Phi) is 7.42. The Morgan fingerprint density at radius 3 is 2.85 bits per heavy atom. The Morgan fingerprint density at radius 1 is 1.33 bits per heavy atom. The third kappa shape index (κ3) is 5.26. The van der Waals surface area contributed by atoms with Gasteiger partial charge in [0.1, 0.15) is 11.4 Å². The Balaban J connectivity index is 1.50. The molecule has 1 saturated heterocycles. The number of hydrogen-bond donors (Lipinski definition) is 1. The summed E-state index contributed by atoms with van der Waals surface area (Å²) in [4.78, 5) is 19.8. The lowest BCUT2D eigenvalue weighted by Crippen LogP contribution is -2.38. The highest BCUT2D eigenvalue weighted by Crippen LogP contribution is 2.29. The van der Waals surface area contributed by atoms with Gasteiger partial charge in [-0.2, -0.15) is 9.61 Å². The van der Waals surface area contributed by atoms with E-state index in [9.17, 15) is 9.18 Å². The summed E-state index contributed by atoms with van der Waals surface area (Å²) in [5, 5.41) is 7.63. The predicted molar refractivity (Wildman–Crippen MR) is 123 cm³/mol. The van der Waals surface area contributed by atoms with Crippen LogP contribution in [0.3, 0.4) is 0 Å². The van der Waals surface area contributed by atoms with Crippen molar-refractivity contribution in [2.45, 2.75) is 19.8 Å². The molecule has 0 saturated carbocycles. The van der Waals surface area contributed by atoms with E-state index in [0.29, 0.717) is 40.8 Å². The van der Waals surface area contributed by atoms with E-state index < -0.39 is 5.82 Å². The van der Waals surface area contributed by atoms with Crippen LogP contribution in [0.2, 0.25) is 5.02 Å². The molecule has 3 heterocycles. The molecule has 0 atom stereocenters. The second-order valence-electron chi connectivity index (χ2n) is 7.95. The van der Waals surface area contributed by atoms with Gasteiger partial charge in [-0.3, -0.25) is 9.69 Å². The van der Waals surface area contributed by atoms with E-state index in [1.165, 1.54) is 30.0 Å². The minimum atomic E-state index is -0.395. The van der Waals surface area contributed by atoms with E-state index >= 15 is 0 Å². The number of ether oxygens (including phenoxy) is 2. The predicted octanol–water partition coefficient (Wildman–Crippen LogP) is 2.88. The summed E-state index contributed by atoms with van der Waals surface area (Å²) in [6.07, 6.45) is 2.74. The lowest BCUT2D eigenvalue weighted by Gasteiger charge is -2.26. The van der Waals surface area contributed by atoms with Gasteiger partial charge in [0.2, 0.25) is 5.88 Å². The SMILES string of the molecule is COc1c(Cc2ccc(F)cc2Cl)c(C)nc2c(C(=O)NCCCN3CCOCC3)cnn12. The summed E-state index contributed by atoms with van der Waals surface area (Å²) in [7, 11) is 1.54. The number of aryl methyl sites for hydroxylation is 1. The van der Waals surface area contributed by atoms with E-state index in [2.05, 4.69) is 20.3 Å². The largest absolute Gasteiger partial charge is 0.481 e. The summed E-state index contributed by atoms with van der Waals surface area (Å²) >= 11 is 6.22. The number of fused-ring (bicyclic) bond motifs is 1. The van der Waals surface area contributed by atoms with Gasteiger partial charge < -0.3 is 14.8 Å². The smallest absolute Gasteiger partial charge is 0.256 e. The maximum Gasteiger partial charge on any atom is 0.256 e. The molecule has 1 N–H and O–H groups in total. The van der Waals surface area contributed by atoms with E-state index in [4.69, 9.17) is 21.1 Å². The second-order valence-corrected chi connectivity index (χ2v) is 8.36. The minimum absolute atomic E-state index is 0.227. The number of nitrogens with one attached hydrogen (secondary N) is 1. The molecule has 0 spiro atoms. The molecule has 2 aromatic heterocycles. The van der Waals surface area contributed by atoms with Crippen molar-refractivity contribution in [2.24, 2.45) is 0 Å². The third-order valence-corrected chi connectivity index (χ3v) is 6.12. The van der Waals surface area contributed by atoms with Crippen molar-refractivity contribution in [1.82, 2.24) is 24.8 Å². The molecule has 1 amide bonds. The van der Waals surface area contributed by atoms with Crippen LogP contribution in [0.25, 0.3) is 5.65 Å². The van der Waals surface area contributed by atoms with Crippen LogP contribution in [0, 0.1) is 12.7 Å². The summed E-state index contributed by atoms with van der Waals surface area (Å²) < 4.78 is 25.9. The van der Waals surface area contributed by atoms with Gasteiger partial charge in [-0.25, -0.2) is 9.37 Å². The quantitative estimate of drug-likeness (QED) is 0.505. The maximum atomic E-state index is 13.4. The number of hydrogen-bond acceptors (Lipinski definition) is 6. The number of aromatic nitrogens is 3. The van der Waals surface area contributed by atoms with E-state index in [-0.39, 0.29) is 5.91 Å². The van der Waals surface area contributed by atoms with Crippen molar-refractivity contribution in [2.75, 3.05) is 46.5 Å². The highest BCUT2D eigenvalue weighted by Gasteiger charge is 2.21. The molecular formula is C23H27ClFN5O3. The van der Waals surface area contributed by atoms with Gasteiger partial charge in [0.05, 0.1) is 26.5 Å². The van der Waals surface area contributed by atoms with Gasteiger partial charge in [0, 0.05) is 42.3 Å². The fraction of sp³-hybridized carbons (Fsp3) is 0.435. The number of nitrogens with zero attached hydrogens (tertiary/aromatic N) is 4. The summed E-state index contributed by atoms with van der Waals surface area (Å²) in [5.74, 6) is -0.159. The van der Waals surface area contributed by atoms with Crippen LogP contribution in [-0.4, -0.2) is 71.9 Å². The van der Waals surface area contributed by atoms with Crippen molar-refractivity contribution in [1.29, 1.82) is 0 Å². The number of halogens is 2. The molecule has 0 unspecified atom stereocenters. The van der Waals surface area contributed by atoms with Gasteiger partial charge in [-0.15, -0.1) is 0 Å². The van der Waals surface area contributed by atoms with Crippen LogP contribution in [0.5, 0.6) is 5.88 Å². The summed E-state index contributed by atoms with van der Waals surface area (Å²) in [6, 6.07) is 4.28. The second kappa shape index (κ2) is 10.5. The van der Waals surface area contributed by atoms with Crippen molar-refractivity contribution in [3.8, 4) is 5.88 Å². The van der Waals surface area contributed by atoms with E-state index in [1.807, 2.05) is 6.92 Å². The fourth-order valence-electron chi connectivity index (χ4n) is 3.96. The fourth-order valence-corrected chi connectivity index (χ4v) is 4.19. The summed E-state index contributed by atoms with van der Waals surface area (Å²) in [6.45, 7) is 6.69. The molecule has 1 aliphatic heterocycles. The molecule has 33 heavy (non-hydrogen) atoms. The number of carbonyl (C=O) groups excluding carboxylic acids is 1. The molecule has 1 aromatic carbocycles. The Morgan fingerprint density at radius 2 is 2.12 bits per heavy atom. The van der Waals surface area contributed by atoms with Gasteiger partial charge in [0.25, 0.3) is 5.91 Å². The molecule has 10 heteroatoms. The zero-order valence-corrected chi connectivity index (χ0v) is 19.5. The van der Waals surface area contributed by atoms with Crippen LogP contribution in [0.4, 0.5) is 4.39 Å². The first-order valence-electron chi connectivity index (χ1n) is 10.9. The van der Waals surface area contributed by atoms with E-state index in [1.54, 1.807) is 6.07 Å². The van der Waals surface area contributed by atoms with Crippen LogP contribution < -0.4 is 10.1 Å². The minimum Gasteiger partial charge on any atom is -0.481 e. The average molecular weight is 476 g/mol. The van der Waals surface area contributed by atoms with E-state index in [0.717, 1.165) is 50.4 Å². The molecule has 8 nitrogen and oxygen atoms in total. The molecule has 0 bridgehead atoms. The molecule has 1 fully saturated rings. The van der Waals surface area contributed by atoms with Crippen molar-refractivity contribution >= 4 is 23.2 Å². The monoisotopic (exact) mass is 475 g/mol. The highest BCUT2D eigenvalue weighted by atomic mass is 35.5. The zero-order valence-electron chi connectivity index (χ0n) is 18.7. The van der Waals surface area contributed by atoms with Crippen LogP contribution in [0.15, 0.2) is 24.4 Å². The average Bonchev–Trinajstić information content (AvgIpc) is 3.22. The number of benzene rings is 1. The first-order chi connectivity index (χ1) is 16.0. The molecular weight excluding hydrogens is 449 g/mol. The van der Waals surface area contributed by atoms with Crippen LogP contribution in [0.1, 0.15) is 33.6 Å². The molecule has 3 aromatic rings. The van der Waals surface area contributed by atoms with Gasteiger partial charge in [0.15, 0.2) is 5.65 Å². The van der Waals surface area contributed by atoms with Crippen LogP contribution in [-0.2, 0) is 11.2 Å². The zero-order chi connectivity index (χ0) is 23.4. The third-order valence-electron chi connectivity index (χ3n) is 5.77. The normalized spacial score (nSPS) is 14.5. The Labute approximate surface area is 196 Å². The molecule has 0 aliphatic carbocycles. The number of amides is 1. The molecule has 176 valence electrons. The molecule has 1 aliphatic rings. The number of carbonyl (C=O) groups is 1. The first kappa shape index (κ1) is 23.4. The lowest BCUT2D eigenvalue weighted by atomic mass is 10.0. The van der Waals surface area contributed by atoms with Crippen molar-refractivity contribution in [3.63, 3.8) is 0 Å². The van der Waals surface area contributed by atoms with Crippen LogP contribution >= 0.6 is 11.6 Å². The summed E-state index contributed by atoms with van der Waals surface area (Å²) in [5.41, 5.74) is 2.99. The number of methoxy groups -OCH3 is 1. The van der Waals surface area contributed by atoms with Crippen molar-refractivity contribution in [3.05, 3.63) is 57.6 Å². The lowest BCUT2D eigenvalue weighted by molar-refractivity contribution is 0.0374. The Hall–Kier alpha value is -2.75. The molecule has 4 rings (SSSR count). The first-order valence-corrected chi connectivity index (χ1v) is 11.3. The van der Waals surface area contributed by atoms with Gasteiger partial charge in [-0.1, -0.05) is 17.7 Å². The van der Waals surface area contributed by atoms with Gasteiger partial charge >= 0.3 is 0 Å². The Bertz CT molecular complexity index is 1150. The molecule has 0 radical (unpaired) electrons. The number of rotatable bonds is 8. The maximum absolute atomic E-state index is 13.4.